The second-order valence-electron chi connectivity index (χ2n) is 4.23. The van der Waals surface area contributed by atoms with Crippen LogP contribution >= 0.6 is 22.9 Å². The number of thiophene rings is 1. The number of nitrogens with one attached hydrogen (secondary N) is 1. The first-order chi connectivity index (χ1) is 10.4. The van der Waals surface area contributed by atoms with Crippen molar-refractivity contribution in [3.05, 3.63) is 57.2 Å². The number of hydrazone groups is 1. The van der Waals surface area contributed by atoms with Crippen molar-refractivity contribution < 1.29 is 18.0 Å². The summed E-state index contributed by atoms with van der Waals surface area (Å²) in [4.78, 5) is 12.3. The van der Waals surface area contributed by atoms with Crippen molar-refractivity contribution in [1.29, 1.82) is 0 Å². The molecule has 0 aliphatic heterocycles. The highest BCUT2D eigenvalue weighted by Crippen LogP contribution is 2.22. The van der Waals surface area contributed by atoms with Crippen LogP contribution in [0.15, 0.2) is 46.9 Å². The topological polar surface area (TPSA) is 41.5 Å². The molecule has 1 N–H and O–H groups in total. The molecule has 0 atom stereocenters. The number of benzene rings is 1. The summed E-state index contributed by atoms with van der Waals surface area (Å²) >= 11 is 7.00. The van der Waals surface area contributed by atoms with Crippen LogP contribution < -0.4 is 5.43 Å². The van der Waals surface area contributed by atoms with E-state index < -0.39 is 24.2 Å². The number of hydrogen-bond acceptors (Lipinski definition) is 3. The molecule has 0 bridgehead atoms. The van der Waals surface area contributed by atoms with Gasteiger partial charge in [-0.1, -0.05) is 29.8 Å². The van der Waals surface area contributed by atoms with Crippen LogP contribution in [-0.2, 0) is 6.42 Å². The first-order valence-electron chi connectivity index (χ1n) is 6.09. The highest BCUT2D eigenvalue weighted by molar-refractivity contribution is 7.10. The van der Waals surface area contributed by atoms with Gasteiger partial charge in [-0.05, 0) is 23.6 Å². The number of carbonyl (C=O) groups is 1. The SMILES string of the molecule is O=C(N/N=C(/Cc1cccs1)C(F)(F)F)c1ccccc1Cl. The maximum absolute atomic E-state index is 12.9. The van der Waals surface area contributed by atoms with Crippen molar-refractivity contribution in [3.63, 3.8) is 0 Å². The summed E-state index contributed by atoms with van der Waals surface area (Å²) in [7, 11) is 0. The standard InChI is InChI=1S/C14H10ClF3N2OS/c15-11-6-2-1-5-10(11)13(21)20-19-12(14(16,17)18)8-9-4-3-7-22-9/h1-7H,8H2,(H,20,21)/b19-12-. The molecule has 0 saturated heterocycles. The molecule has 1 heterocycles. The third-order valence-corrected chi connectivity index (χ3v) is 3.87. The van der Waals surface area contributed by atoms with E-state index in [1.54, 1.807) is 29.6 Å². The van der Waals surface area contributed by atoms with Gasteiger partial charge < -0.3 is 0 Å². The van der Waals surface area contributed by atoms with Gasteiger partial charge in [-0.3, -0.25) is 4.79 Å². The minimum atomic E-state index is -4.63. The molecule has 1 aromatic carbocycles. The fraction of sp³-hybridized carbons (Fsp3) is 0.143. The van der Waals surface area contributed by atoms with Crippen LogP contribution in [0.3, 0.4) is 0 Å². The predicted octanol–water partition coefficient (Wildman–Crippen LogP) is 4.29. The lowest BCUT2D eigenvalue weighted by Gasteiger charge is -2.10. The van der Waals surface area contributed by atoms with E-state index >= 15 is 0 Å². The fourth-order valence-electron chi connectivity index (χ4n) is 1.61. The third kappa shape index (κ3) is 4.32. The molecular weight excluding hydrogens is 337 g/mol. The summed E-state index contributed by atoms with van der Waals surface area (Å²) in [5.74, 6) is -0.793. The molecule has 0 aliphatic carbocycles. The van der Waals surface area contributed by atoms with Crippen LogP contribution in [0.2, 0.25) is 5.02 Å². The second kappa shape index (κ2) is 6.93. The lowest BCUT2D eigenvalue weighted by Crippen LogP contribution is -2.29. The normalized spacial score (nSPS) is 12.3. The Morgan fingerprint density at radius 2 is 1.95 bits per heavy atom. The van der Waals surface area contributed by atoms with Crippen molar-refractivity contribution in [2.75, 3.05) is 0 Å². The molecule has 0 aliphatic rings. The number of halogens is 4. The van der Waals surface area contributed by atoms with Gasteiger partial charge in [0.25, 0.3) is 5.91 Å². The molecular formula is C14H10ClF3N2OS. The van der Waals surface area contributed by atoms with Gasteiger partial charge >= 0.3 is 6.18 Å². The Morgan fingerprint density at radius 1 is 1.23 bits per heavy atom. The maximum Gasteiger partial charge on any atom is 0.431 e. The smallest absolute Gasteiger partial charge is 0.267 e. The van der Waals surface area contributed by atoms with Crippen LogP contribution in [0.25, 0.3) is 0 Å². The second-order valence-corrected chi connectivity index (χ2v) is 5.67. The Kier molecular flexibility index (Phi) is 5.20. The molecule has 1 amide bonds. The molecule has 0 fully saturated rings. The summed E-state index contributed by atoms with van der Waals surface area (Å²) in [6.07, 6.45) is -5.03. The van der Waals surface area contributed by atoms with Gasteiger partial charge in [0.1, 0.15) is 5.71 Å². The largest absolute Gasteiger partial charge is 0.431 e. The number of carbonyl (C=O) groups excluding carboxylic acids is 1. The van der Waals surface area contributed by atoms with Crippen LogP contribution in [-0.4, -0.2) is 17.8 Å². The van der Waals surface area contributed by atoms with Gasteiger partial charge in [0, 0.05) is 11.3 Å². The Hall–Kier alpha value is -1.86. The molecule has 0 unspecified atom stereocenters. The first-order valence-corrected chi connectivity index (χ1v) is 7.34. The molecule has 0 spiro atoms. The van der Waals surface area contributed by atoms with E-state index in [1.807, 2.05) is 5.43 Å². The molecule has 22 heavy (non-hydrogen) atoms. The number of nitrogens with zero attached hydrogens (tertiary/aromatic N) is 1. The van der Waals surface area contributed by atoms with E-state index in [0.717, 1.165) is 0 Å². The Labute approximate surface area is 133 Å². The molecule has 116 valence electrons. The van der Waals surface area contributed by atoms with Crippen LogP contribution in [0.5, 0.6) is 0 Å². The van der Waals surface area contributed by atoms with Gasteiger partial charge in [0.15, 0.2) is 0 Å². The number of alkyl halides is 3. The van der Waals surface area contributed by atoms with Crippen LogP contribution in [0.1, 0.15) is 15.2 Å². The summed E-state index contributed by atoms with van der Waals surface area (Å²) in [5.41, 5.74) is 0.895. The molecule has 0 radical (unpaired) electrons. The maximum atomic E-state index is 12.9. The Bertz CT molecular complexity index is 684. The zero-order chi connectivity index (χ0) is 16.2. The molecule has 1 aromatic heterocycles. The van der Waals surface area contributed by atoms with Gasteiger partial charge in [-0.25, -0.2) is 5.43 Å². The summed E-state index contributed by atoms with van der Waals surface area (Å²) in [5, 5.41) is 5.04. The Morgan fingerprint density at radius 3 is 2.55 bits per heavy atom. The molecule has 2 aromatic rings. The van der Waals surface area contributed by atoms with E-state index in [4.69, 9.17) is 11.6 Å². The van der Waals surface area contributed by atoms with E-state index in [9.17, 15) is 18.0 Å². The average Bonchev–Trinajstić information content (AvgIpc) is 2.95. The van der Waals surface area contributed by atoms with E-state index in [0.29, 0.717) is 4.88 Å². The third-order valence-electron chi connectivity index (χ3n) is 2.66. The van der Waals surface area contributed by atoms with Crippen molar-refractivity contribution in [2.45, 2.75) is 12.6 Å². The monoisotopic (exact) mass is 346 g/mol. The van der Waals surface area contributed by atoms with Crippen LogP contribution in [0, 0.1) is 0 Å². The number of hydrogen-bond donors (Lipinski definition) is 1. The van der Waals surface area contributed by atoms with Gasteiger partial charge in [-0.15, -0.1) is 11.3 Å². The number of amides is 1. The van der Waals surface area contributed by atoms with Gasteiger partial charge in [-0.2, -0.15) is 18.3 Å². The van der Waals surface area contributed by atoms with Crippen molar-refractivity contribution in [1.82, 2.24) is 5.43 Å². The van der Waals surface area contributed by atoms with Crippen molar-refractivity contribution >= 4 is 34.6 Å². The number of rotatable bonds is 4. The molecule has 3 nitrogen and oxygen atoms in total. The minimum absolute atomic E-state index is 0.0607. The fourth-order valence-corrected chi connectivity index (χ4v) is 2.54. The highest BCUT2D eigenvalue weighted by Gasteiger charge is 2.36. The van der Waals surface area contributed by atoms with E-state index in [-0.39, 0.29) is 10.6 Å². The quantitative estimate of drug-likeness (QED) is 0.651. The van der Waals surface area contributed by atoms with Crippen molar-refractivity contribution in [2.24, 2.45) is 5.10 Å². The predicted molar refractivity (Wildman–Crippen MR) is 80.4 cm³/mol. The lowest BCUT2D eigenvalue weighted by molar-refractivity contribution is -0.0604. The van der Waals surface area contributed by atoms with E-state index in [1.165, 1.54) is 23.5 Å². The molecule has 0 saturated carbocycles. The molecule has 8 heteroatoms. The Balaban J connectivity index is 2.16. The van der Waals surface area contributed by atoms with Gasteiger partial charge in [0.05, 0.1) is 10.6 Å². The van der Waals surface area contributed by atoms with Crippen molar-refractivity contribution in [3.8, 4) is 0 Å². The highest BCUT2D eigenvalue weighted by atomic mass is 35.5. The van der Waals surface area contributed by atoms with Crippen LogP contribution in [0.4, 0.5) is 13.2 Å². The first kappa shape index (κ1) is 16.5. The van der Waals surface area contributed by atoms with E-state index in [2.05, 4.69) is 5.10 Å². The summed E-state index contributed by atoms with van der Waals surface area (Å²) < 4.78 is 38.8. The lowest BCUT2D eigenvalue weighted by atomic mass is 10.2. The van der Waals surface area contributed by atoms with Gasteiger partial charge in [0.2, 0.25) is 0 Å². The zero-order valence-corrected chi connectivity index (χ0v) is 12.6. The molecule has 2 rings (SSSR count). The summed E-state index contributed by atoms with van der Waals surface area (Å²) in [6.45, 7) is 0. The zero-order valence-electron chi connectivity index (χ0n) is 11.0. The minimum Gasteiger partial charge on any atom is -0.267 e. The summed E-state index contributed by atoms with van der Waals surface area (Å²) in [6, 6.07) is 9.26. The average molecular weight is 347 g/mol.